The summed E-state index contributed by atoms with van der Waals surface area (Å²) in [5, 5.41) is 0. The number of hydrogen-bond donors (Lipinski definition) is 0. The highest BCUT2D eigenvalue weighted by atomic mass is 16.3. The minimum Gasteiger partial charge on any atom is -0.441 e. The number of hydrogen-bond acceptors (Lipinski definition) is 3. The van der Waals surface area contributed by atoms with Gasteiger partial charge >= 0.3 is 0 Å². The topological polar surface area (TPSA) is 43.1 Å². The second-order valence-corrected chi connectivity index (χ2v) is 2.87. The predicted molar refractivity (Wildman–Crippen MR) is 48.5 cm³/mol. The second kappa shape index (κ2) is 3.01. The van der Waals surface area contributed by atoms with Crippen molar-refractivity contribution in [3.05, 3.63) is 29.7 Å². The Hall–Kier alpha value is -1.64. The van der Waals surface area contributed by atoms with Gasteiger partial charge in [0.15, 0.2) is 11.5 Å². The van der Waals surface area contributed by atoms with E-state index >= 15 is 0 Å². The maximum atomic E-state index is 10.4. The third-order valence-corrected chi connectivity index (χ3v) is 1.91. The summed E-state index contributed by atoms with van der Waals surface area (Å²) in [6.07, 6.45) is 1.27. The lowest BCUT2D eigenvalue weighted by Gasteiger charge is -1.93. The molecule has 0 aliphatic heterocycles. The Kier molecular flexibility index (Phi) is 1.85. The van der Waals surface area contributed by atoms with E-state index in [2.05, 4.69) is 4.98 Å². The van der Waals surface area contributed by atoms with Crippen molar-refractivity contribution in [2.24, 2.45) is 0 Å². The smallest absolute Gasteiger partial charge is 0.192 e. The van der Waals surface area contributed by atoms with Crippen molar-refractivity contribution in [3.8, 4) is 0 Å². The first-order valence-electron chi connectivity index (χ1n) is 4.10. The zero-order valence-corrected chi connectivity index (χ0v) is 7.28. The van der Waals surface area contributed by atoms with Crippen molar-refractivity contribution in [1.29, 1.82) is 0 Å². The first-order valence-corrected chi connectivity index (χ1v) is 4.10. The van der Waals surface area contributed by atoms with E-state index in [0.717, 1.165) is 22.9 Å². The van der Waals surface area contributed by atoms with E-state index < -0.39 is 0 Å². The maximum absolute atomic E-state index is 10.4. The van der Waals surface area contributed by atoms with Gasteiger partial charge in [0, 0.05) is 13.3 Å². The highest BCUT2D eigenvalue weighted by Crippen LogP contribution is 2.18. The Bertz CT molecular complexity index is 445. The number of benzene rings is 1. The van der Waals surface area contributed by atoms with E-state index in [1.54, 1.807) is 6.92 Å². The van der Waals surface area contributed by atoms with E-state index in [4.69, 9.17) is 4.42 Å². The van der Waals surface area contributed by atoms with Crippen molar-refractivity contribution < 1.29 is 9.21 Å². The summed E-state index contributed by atoms with van der Waals surface area (Å²) in [6, 6.07) is 5.61. The van der Waals surface area contributed by atoms with Crippen LogP contribution in [-0.2, 0) is 11.2 Å². The monoisotopic (exact) mass is 175 g/mol. The summed E-state index contributed by atoms with van der Waals surface area (Å²) in [5.41, 5.74) is 2.47. The molecule has 3 nitrogen and oxygen atoms in total. The van der Waals surface area contributed by atoms with Gasteiger partial charge in [0.05, 0.1) is 0 Å². The minimum atomic E-state index is 0.392. The van der Waals surface area contributed by atoms with Crippen LogP contribution in [0.2, 0.25) is 0 Å². The first kappa shape index (κ1) is 7.98. The molecule has 2 aromatic rings. The van der Waals surface area contributed by atoms with Gasteiger partial charge in [-0.3, -0.25) is 0 Å². The fraction of sp³-hybridized carbons (Fsp3) is 0.200. The fourth-order valence-electron chi connectivity index (χ4n) is 1.37. The molecule has 0 saturated carbocycles. The van der Waals surface area contributed by atoms with Crippen LogP contribution in [-0.4, -0.2) is 11.3 Å². The van der Waals surface area contributed by atoms with Crippen LogP contribution in [0.5, 0.6) is 0 Å². The number of nitrogens with zero attached hydrogens (tertiary/aromatic N) is 1. The number of aromatic nitrogens is 1. The number of aryl methyl sites for hydroxylation is 1. The van der Waals surface area contributed by atoms with Crippen molar-refractivity contribution in [3.63, 3.8) is 0 Å². The molecule has 3 heteroatoms. The van der Waals surface area contributed by atoms with Crippen LogP contribution in [0.3, 0.4) is 0 Å². The van der Waals surface area contributed by atoms with Crippen LogP contribution in [0, 0.1) is 6.92 Å². The van der Waals surface area contributed by atoms with Crippen molar-refractivity contribution >= 4 is 17.4 Å². The Balaban J connectivity index is 2.67. The molecule has 0 spiro atoms. The van der Waals surface area contributed by atoms with Crippen molar-refractivity contribution in [2.75, 3.05) is 0 Å². The molecule has 0 unspecified atom stereocenters. The van der Waals surface area contributed by atoms with Gasteiger partial charge in [0.1, 0.15) is 11.8 Å². The van der Waals surface area contributed by atoms with Crippen LogP contribution in [0.15, 0.2) is 22.6 Å². The summed E-state index contributed by atoms with van der Waals surface area (Å²) in [5.74, 6) is 0.633. The summed E-state index contributed by atoms with van der Waals surface area (Å²) in [4.78, 5) is 14.6. The lowest BCUT2D eigenvalue weighted by atomic mass is 10.1. The van der Waals surface area contributed by atoms with Crippen LogP contribution in [0.1, 0.15) is 11.5 Å². The highest BCUT2D eigenvalue weighted by molar-refractivity contribution is 5.79. The quantitative estimate of drug-likeness (QED) is 0.654. The molecule has 0 radical (unpaired) electrons. The molecule has 0 bridgehead atoms. The molecule has 0 N–H and O–H groups in total. The minimum absolute atomic E-state index is 0.392. The molecule has 1 aromatic carbocycles. The number of oxazole rings is 1. The Labute approximate surface area is 75.4 Å². The number of carbonyl (C=O) groups excluding carboxylic acids is 1. The summed E-state index contributed by atoms with van der Waals surface area (Å²) in [7, 11) is 0. The largest absolute Gasteiger partial charge is 0.441 e. The van der Waals surface area contributed by atoms with Gasteiger partial charge in [-0.05, 0) is 11.6 Å². The molecular formula is C10H9NO2. The average Bonchev–Trinajstić information content (AvgIpc) is 2.47. The molecule has 0 atom stereocenters. The van der Waals surface area contributed by atoms with E-state index in [-0.39, 0.29) is 0 Å². The maximum Gasteiger partial charge on any atom is 0.192 e. The van der Waals surface area contributed by atoms with E-state index in [9.17, 15) is 4.79 Å². The number of fused-ring (bicyclic) bond motifs is 1. The van der Waals surface area contributed by atoms with Crippen LogP contribution in [0.4, 0.5) is 0 Å². The first-order chi connectivity index (χ1) is 6.31. The van der Waals surface area contributed by atoms with Crippen LogP contribution < -0.4 is 0 Å². The van der Waals surface area contributed by atoms with Gasteiger partial charge in [0.2, 0.25) is 0 Å². The van der Waals surface area contributed by atoms with Crippen molar-refractivity contribution in [1.82, 2.24) is 4.98 Å². The fourth-order valence-corrected chi connectivity index (χ4v) is 1.37. The van der Waals surface area contributed by atoms with Gasteiger partial charge in [-0.1, -0.05) is 12.1 Å². The molecule has 1 heterocycles. The van der Waals surface area contributed by atoms with Gasteiger partial charge in [0.25, 0.3) is 0 Å². The Morgan fingerprint density at radius 2 is 2.38 bits per heavy atom. The summed E-state index contributed by atoms with van der Waals surface area (Å²) < 4.78 is 5.33. The molecule has 66 valence electrons. The number of carbonyl (C=O) groups is 1. The molecule has 0 saturated heterocycles. The second-order valence-electron chi connectivity index (χ2n) is 2.87. The molecule has 0 aliphatic rings. The van der Waals surface area contributed by atoms with Crippen LogP contribution in [0.25, 0.3) is 11.1 Å². The molecule has 0 fully saturated rings. The molecule has 2 rings (SSSR count). The molecule has 0 amide bonds. The van der Waals surface area contributed by atoms with Gasteiger partial charge in [-0.25, -0.2) is 4.98 Å². The zero-order chi connectivity index (χ0) is 9.26. The summed E-state index contributed by atoms with van der Waals surface area (Å²) in [6.45, 7) is 1.80. The number of aldehydes is 1. The van der Waals surface area contributed by atoms with E-state index in [1.807, 2.05) is 18.2 Å². The lowest BCUT2D eigenvalue weighted by Crippen LogP contribution is -1.86. The standard InChI is InChI=1S/C10H9NO2/c1-7-11-10-8(5-6-12)3-2-4-9(10)13-7/h2-4,6H,5H2,1H3. The number of para-hydroxylation sites is 1. The van der Waals surface area contributed by atoms with Crippen molar-refractivity contribution in [2.45, 2.75) is 13.3 Å². The molecular weight excluding hydrogens is 166 g/mol. The highest BCUT2D eigenvalue weighted by Gasteiger charge is 2.05. The molecule has 1 aromatic heterocycles. The summed E-state index contributed by atoms with van der Waals surface area (Å²) >= 11 is 0. The SMILES string of the molecule is Cc1nc2c(CC=O)cccc2o1. The third-order valence-electron chi connectivity index (χ3n) is 1.91. The lowest BCUT2D eigenvalue weighted by molar-refractivity contribution is -0.107. The normalized spacial score (nSPS) is 10.5. The predicted octanol–water partition coefficient (Wildman–Crippen LogP) is 1.88. The average molecular weight is 175 g/mol. The van der Waals surface area contributed by atoms with Gasteiger partial charge in [-0.2, -0.15) is 0 Å². The Morgan fingerprint density at radius 1 is 1.54 bits per heavy atom. The van der Waals surface area contributed by atoms with Crippen LogP contribution >= 0.6 is 0 Å². The van der Waals surface area contributed by atoms with E-state index in [1.165, 1.54) is 0 Å². The van der Waals surface area contributed by atoms with Gasteiger partial charge in [-0.15, -0.1) is 0 Å². The van der Waals surface area contributed by atoms with E-state index in [0.29, 0.717) is 12.3 Å². The molecule has 0 aliphatic carbocycles. The zero-order valence-electron chi connectivity index (χ0n) is 7.28. The Morgan fingerprint density at radius 3 is 3.15 bits per heavy atom. The third kappa shape index (κ3) is 1.33. The number of rotatable bonds is 2. The van der Waals surface area contributed by atoms with Gasteiger partial charge < -0.3 is 9.21 Å². The molecule has 13 heavy (non-hydrogen) atoms.